The highest BCUT2D eigenvalue weighted by Gasteiger charge is 2.60. The smallest absolute Gasteiger partial charge is 0.420 e. The summed E-state index contributed by atoms with van der Waals surface area (Å²) in [5, 5.41) is 12.8. The summed E-state index contributed by atoms with van der Waals surface area (Å²) in [6, 6.07) is 6.82. The number of methoxy groups -OCH3 is 2. The number of benzene rings is 1. The second-order valence-electron chi connectivity index (χ2n) is 8.08. The molecular weight excluding hydrogens is 429 g/mol. The number of alkyl halides is 3. The Kier molecular flexibility index (Phi) is 5.76. The molecule has 0 aliphatic carbocycles. The first-order valence-corrected chi connectivity index (χ1v) is 10.1. The molecule has 4 atom stereocenters. The summed E-state index contributed by atoms with van der Waals surface area (Å²) in [4.78, 5) is 17.5. The Morgan fingerprint density at radius 1 is 1.28 bits per heavy atom. The zero-order valence-corrected chi connectivity index (χ0v) is 17.5. The number of aromatic nitrogens is 1. The monoisotopic (exact) mass is 452 g/mol. The van der Waals surface area contributed by atoms with Gasteiger partial charge in [0.1, 0.15) is 5.75 Å². The van der Waals surface area contributed by atoms with Crippen molar-refractivity contribution in [2.45, 2.75) is 43.8 Å². The predicted octanol–water partition coefficient (Wildman–Crippen LogP) is 3.21. The molecule has 2 bridgehead atoms. The number of carbonyl (C=O) groups is 1. The zero-order chi connectivity index (χ0) is 23.1. The lowest BCUT2D eigenvalue weighted by atomic mass is 9.68. The van der Waals surface area contributed by atoms with Gasteiger partial charge in [0.15, 0.2) is 0 Å². The topological polar surface area (TPSA) is 89.9 Å². The van der Waals surface area contributed by atoms with E-state index in [-0.39, 0.29) is 30.7 Å². The van der Waals surface area contributed by atoms with Crippen LogP contribution in [0.5, 0.6) is 11.6 Å². The third kappa shape index (κ3) is 4.00. The van der Waals surface area contributed by atoms with Gasteiger partial charge < -0.3 is 24.6 Å². The van der Waals surface area contributed by atoms with Gasteiger partial charge in [0.05, 0.1) is 43.5 Å². The lowest BCUT2D eigenvalue weighted by Crippen LogP contribution is -2.48. The van der Waals surface area contributed by atoms with Crippen molar-refractivity contribution in [2.24, 2.45) is 5.41 Å². The van der Waals surface area contributed by atoms with Gasteiger partial charge in [-0.05, 0) is 42.7 Å². The highest BCUT2D eigenvalue weighted by atomic mass is 19.4. The second-order valence-corrected chi connectivity index (χ2v) is 8.08. The van der Waals surface area contributed by atoms with Gasteiger partial charge in [0.2, 0.25) is 11.8 Å². The van der Waals surface area contributed by atoms with Crippen molar-refractivity contribution in [3.63, 3.8) is 0 Å². The maximum atomic E-state index is 13.5. The summed E-state index contributed by atoms with van der Waals surface area (Å²) in [6.45, 7) is 0. The summed E-state index contributed by atoms with van der Waals surface area (Å²) in [6.07, 6.45) is -4.05. The number of aliphatic hydroxyl groups is 1. The molecule has 32 heavy (non-hydrogen) atoms. The number of nitrogens with one attached hydrogen (secondary N) is 1. The van der Waals surface area contributed by atoms with Crippen LogP contribution in [0.25, 0.3) is 0 Å². The van der Waals surface area contributed by atoms with E-state index < -0.39 is 41.4 Å². The number of amides is 1. The van der Waals surface area contributed by atoms with E-state index in [4.69, 9.17) is 14.2 Å². The van der Waals surface area contributed by atoms with Crippen molar-refractivity contribution in [3.05, 3.63) is 47.7 Å². The van der Waals surface area contributed by atoms with E-state index in [0.717, 1.165) is 18.7 Å². The predicted molar refractivity (Wildman–Crippen MR) is 107 cm³/mol. The molecule has 2 aliphatic heterocycles. The molecule has 10 heteroatoms. The van der Waals surface area contributed by atoms with E-state index in [2.05, 4.69) is 10.3 Å². The molecule has 0 unspecified atom stereocenters. The number of nitrogens with zero attached hydrogens (tertiary/aromatic N) is 1. The minimum atomic E-state index is -4.64. The second kappa shape index (κ2) is 8.25. The Bertz CT molecular complexity index is 1010. The number of pyridine rings is 1. The van der Waals surface area contributed by atoms with E-state index in [1.54, 1.807) is 18.3 Å². The van der Waals surface area contributed by atoms with E-state index >= 15 is 0 Å². The van der Waals surface area contributed by atoms with Crippen LogP contribution in [-0.2, 0) is 22.1 Å². The van der Waals surface area contributed by atoms with Crippen LogP contribution in [0.1, 0.15) is 24.0 Å². The fourth-order valence-corrected chi connectivity index (χ4v) is 4.56. The van der Waals surface area contributed by atoms with Gasteiger partial charge in [0.25, 0.3) is 0 Å². The van der Waals surface area contributed by atoms with Crippen LogP contribution in [0.2, 0.25) is 0 Å². The van der Waals surface area contributed by atoms with Crippen molar-refractivity contribution >= 4 is 11.6 Å². The summed E-state index contributed by atoms with van der Waals surface area (Å²) in [7, 11) is 2.63. The van der Waals surface area contributed by atoms with Crippen molar-refractivity contribution < 1.29 is 37.3 Å². The normalized spacial score (nSPS) is 26.8. The molecule has 0 spiro atoms. The third-order valence-corrected chi connectivity index (χ3v) is 6.15. The maximum absolute atomic E-state index is 13.5. The van der Waals surface area contributed by atoms with Crippen LogP contribution in [0, 0.1) is 5.41 Å². The van der Waals surface area contributed by atoms with Crippen LogP contribution in [0.15, 0.2) is 36.5 Å². The van der Waals surface area contributed by atoms with E-state index in [0.29, 0.717) is 5.88 Å². The molecule has 2 fully saturated rings. The fourth-order valence-electron chi connectivity index (χ4n) is 4.56. The van der Waals surface area contributed by atoms with Gasteiger partial charge in [-0.2, -0.15) is 13.2 Å². The molecule has 0 radical (unpaired) electrons. The minimum absolute atomic E-state index is 0.00173. The summed E-state index contributed by atoms with van der Waals surface area (Å²) in [5.41, 5.74) is -1.28. The van der Waals surface area contributed by atoms with Gasteiger partial charge in [-0.15, -0.1) is 0 Å². The SMILES string of the molecule is COc1cc(C[C@]2(C(=O)Nc3ccc(OC)c(C(F)(F)F)c3)C[C@H]3O[C@@H]2C[C@@H]3O)ccn1. The van der Waals surface area contributed by atoms with Gasteiger partial charge in [-0.3, -0.25) is 4.79 Å². The summed E-state index contributed by atoms with van der Waals surface area (Å²) in [5.74, 6) is -0.418. The Labute approximate surface area is 182 Å². The number of anilines is 1. The van der Waals surface area contributed by atoms with Crippen LogP contribution < -0.4 is 14.8 Å². The summed E-state index contributed by atoms with van der Waals surface area (Å²) < 4.78 is 56.0. The molecule has 4 rings (SSSR count). The quantitative estimate of drug-likeness (QED) is 0.700. The summed E-state index contributed by atoms with van der Waals surface area (Å²) >= 11 is 0. The maximum Gasteiger partial charge on any atom is 0.420 e. The molecule has 7 nitrogen and oxygen atoms in total. The van der Waals surface area contributed by atoms with Gasteiger partial charge >= 0.3 is 6.18 Å². The van der Waals surface area contributed by atoms with Crippen molar-refractivity contribution in [3.8, 4) is 11.6 Å². The number of hydrogen-bond donors (Lipinski definition) is 2. The van der Waals surface area contributed by atoms with Crippen LogP contribution >= 0.6 is 0 Å². The Morgan fingerprint density at radius 3 is 2.66 bits per heavy atom. The third-order valence-electron chi connectivity index (χ3n) is 6.15. The molecule has 2 aliphatic rings. The number of ether oxygens (including phenoxy) is 3. The largest absolute Gasteiger partial charge is 0.496 e. The van der Waals surface area contributed by atoms with Gasteiger partial charge in [0, 0.05) is 24.4 Å². The van der Waals surface area contributed by atoms with Crippen molar-refractivity contribution in [1.29, 1.82) is 0 Å². The molecular formula is C22H23F3N2O5. The van der Waals surface area contributed by atoms with Crippen molar-refractivity contribution in [1.82, 2.24) is 4.98 Å². The molecule has 1 amide bonds. The first-order chi connectivity index (χ1) is 15.2. The number of halogens is 3. The van der Waals surface area contributed by atoms with E-state index in [1.165, 1.54) is 19.2 Å². The Balaban J connectivity index is 1.65. The Morgan fingerprint density at radius 2 is 2.06 bits per heavy atom. The number of rotatable bonds is 6. The average Bonchev–Trinajstić information content (AvgIpc) is 3.30. The van der Waals surface area contributed by atoms with Gasteiger partial charge in [-0.25, -0.2) is 4.98 Å². The molecule has 0 saturated carbocycles. The van der Waals surface area contributed by atoms with E-state index in [1.807, 2.05) is 0 Å². The van der Waals surface area contributed by atoms with Crippen LogP contribution in [-0.4, -0.2) is 48.5 Å². The molecule has 2 aromatic rings. The average molecular weight is 452 g/mol. The first kappa shape index (κ1) is 22.3. The zero-order valence-electron chi connectivity index (χ0n) is 17.5. The molecule has 172 valence electrons. The fraction of sp³-hybridized carbons (Fsp3) is 0.455. The molecule has 1 aromatic heterocycles. The number of aliphatic hydroxyl groups excluding tert-OH is 1. The van der Waals surface area contributed by atoms with Gasteiger partial charge in [-0.1, -0.05) is 0 Å². The Hall–Kier alpha value is -2.85. The highest BCUT2D eigenvalue weighted by molar-refractivity contribution is 5.96. The lowest BCUT2D eigenvalue weighted by molar-refractivity contribution is -0.138. The van der Waals surface area contributed by atoms with Crippen molar-refractivity contribution in [2.75, 3.05) is 19.5 Å². The minimum Gasteiger partial charge on any atom is -0.496 e. The molecule has 1 aromatic carbocycles. The first-order valence-electron chi connectivity index (χ1n) is 10.1. The number of hydrogen-bond acceptors (Lipinski definition) is 6. The van der Waals surface area contributed by atoms with Crippen LogP contribution in [0.4, 0.5) is 18.9 Å². The number of carbonyl (C=O) groups excluding carboxylic acids is 1. The standard InChI is InChI=1S/C22H23F3N2O5/c1-30-16-4-3-13(8-14(16)22(23,24)25)27-20(29)21(11-17-15(28)9-18(21)32-17)10-12-5-6-26-19(7-12)31-2/h3-8,15,17-18,28H,9-11H2,1-2H3,(H,27,29)/t15-,17+,18+,21-/m0/s1. The van der Waals surface area contributed by atoms with Crippen LogP contribution in [0.3, 0.4) is 0 Å². The molecule has 3 heterocycles. The van der Waals surface area contributed by atoms with E-state index in [9.17, 15) is 23.1 Å². The lowest BCUT2D eigenvalue weighted by Gasteiger charge is -2.35. The molecule has 2 saturated heterocycles. The molecule has 2 N–H and O–H groups in total. The number of fused-ring (bicyclic) bond motifs is 2. The highest BCUT2D eigenvalue weighted by Crippen LogP contribution is 2.50.